The summed E-state index contributed by atoms with van der Waals surface area (Å²) in [6.45, 7) is 1.88. The zero-order chi connectivity index (χ0) is 19.1. The van der Waals surface area contributed by atoms with Gasteiger partial charge in [0.1, 0.15) is 6.10 Å². The van der Waals surface area contributed by atoms with Crippen molar-refractivity contribution >= 4 is 22.7 Å². The second-order valence-corrected chi connectivity index (χ2v) is 7.71. The maximum atomic E-state index is 14.0. The van der Waals surface area contributed by atoms with Gasteiger partial charge in [0.05, 0.1) is 41.2 Å². The van der Waals surface area contributed by atoms with Crippen LogP contribution in [0.15, 0.2) is 49.1 Å². The fourth-order valence-electron chi connectivity index (χ4n) is 4.52. The van der Waals surface area contributed by atoms with E-state index in [9.17, 15) is 9.18 Å². The number of benzene rings is 1. The fraction of sp³-hybridized carbons (Fsp3) is 0.381. The van der Waals surface area contributed by atoms with Crippen LogP contribution in [0.4, 0.5) is 10.1 Å². The summed E-state index contributed by atoms with van der Waals surface area (Å²) < 4.78 is 21.8. The van der Waals surface area contributed by atoms with E-state index in [1.54, 1.807) is 18.6 Å². The Morgan fingerprint density at radius 2 is 2.04 bits per heavy atom. The summed E-state index contributed by atoms with van der Waals surface area (Å²) >= 11 is 0. The first-order valence-corrected chi connectivity index (χ1v) is 9.60. The number of aromatic nitrogens is 3. The summed E-state index contributed by atoms with van der Waals surface area (Å²) in [4.78, 5) is 22.9. The molecule has 0 aliphatic carbocycles. The number of anilines is 1. The van der Waals surface area contributed by atoms with E-state index in [0.29, 0.717) is 44.6 Å². The van der Waals surface area contributed by atoms with E-state index >= 15 is 0 Å². The third-order valence-electron chi connectivity index (χ3n) is 6.07. The van der Waals surface area contributed by atoms with Gasteiger partial charge in [-0.2, -0.15) is 0 Å². The zero-order valence-corrected chi connectivity index (χ0v) is 15.4. The molecule has 5 rings (SSSR count). The summed E-state index contributed by atoms with van der Waals surface area (Å²) in [5, 5.41) is 0. The number of pyridine rings is 1. The van der Waals surface area contributed by atoms with Crippen molar-refractivity contribution in [2.45, 2.75) is 31.9 Å². The SMILES string of the molecule is O=C1OC(Cn2cnc3ccccc32)CC12CCN(c1ccncc1F)CC2. The Kier molecular flexibility index (Phi) is 4.03. The first-order valence-electron chi connectivity index (χ1n) is 9.60. The van der Waals surface area contributed by atoms with E-state index in [1.807, 2.05) is 33.7 Å². The highest BCUT2D eigenvalue weighted by Gasteiger charge is 2.50. The lowest BCUT2D eigenvalue weighted by Gasteiger charge is -2.37. The van der Waals surface area contributed by atoms with E-state index in [0.717, 1.165) is 11.0 Å². The molecule has 7 heteroatoms. The van der Waals surface area contributed by atoms with Crippen molar-refractivity contribution in [1.29, 1.82) is 0 Å². The van der Waals surface area contributed by atoms with E-state index in [2.05, 4.69) is 9.97 Å². The van der Waals surface area contributed by atoms with Crippen LogP contribution in [-0.2, 0) is 16.1 Å². The van der Waals surface area contributed by atoms with Crippen molar-refractivity contribution in [3.8, 4) is 0 Å². The predicted octanol–water partition coefficient (Wildman–Crippen LogP) is 3.17. The number of nitrogens with zero attached hydrogens (tertiary/aromatic N) is 4. The number of cyclic esters (lactones) is 1. The smallest absolute Gasteiger partial charge is 0.312 e. The molecule has 0 radical (unpaired) electrons. The Morgan fingerprint density at radius 3 is 2.86 bits per heavy atom. The van der Waals surface area contributed by atoms with Gasteiger partial charge in [0.2, 0.25) is 0 Å². The zero-order valence-electron chi connectivity index (χ0n) is 15.4. The monoisotopic (exact) mass is 380 g/mol. The number of piperidine rings is 1. The number of imidazole rings is 1. The van der Waals surface area contributed by atoms with E-state index in [1.165, 1.54) is 6.20 Å². The van der Waals surface area contributed by atoms with Crippen LogP contribution in [-0.4, -0.2) is 39.7 Å². The summed E-state index contributed by atoms with van der Waals surface area (Å²) in [6, 6.07) is 9.63. The second-order valence-electron chi connectivity index (χ2n) is 7.71. The number of fused-ring (bicyclic) bond motifs is 1. The van der Waals surface area contributed by atoms with E-state index in [-0.39, 0.29) is 17.9 Å². The highest BCUT2D eigenvalue weighted by Crippen LogP contribution is 2.44. The van der Waals surface area contributed by atoms with Gasteiger partial charge in [-0.05, 0) is 31.0 Å². The molecule has 1 unspecified atom stereocenters. The van der Waals surface area contributed by atoms with Crippen LogP contribution < -0.4 is 4.90 Å². The van der Waals surface area contributed by atoms with Gasteiger partial charge in [0.15, 0.2) is 5.82 Å². The Hall–Kier alpha value is -2.96. The minimum absolute atomic E-state index is 0.114. The van der Waals surface area contributed by atoms with E-state index in [4.69, 9.17) is 4.74 Å². The molecule has 2 aliphatic rings. The Bertz CT molecular complexity index is 1030. The molecule has 0 amide bonds. The number of ether oxygens (including phenoxy) is 1. The molecule has 2 fully saturated rings. The van der Waals surface area contributed by atoms with Gasteiger partial charge in [-0.15, -0.1) is 0 Å². The molecule has 2 aromatic heterocycles. The molecule has 1 spiro atoms. The van der Waals surface area contributed by atoms with Crippen molar-refractivity contribution in [3.05, 3.63) is 54.9 Å². The van der Waals surface area contributed by atoms with Crippen LogP contribution in [0, 0.1) is 11.2 Å². The molecule has 6 nitrogen and oxygen atoms in total. The van der Waals surface area contributed by atoms with Gasteiger partial charge in [-0.25, -0.2) is 9.37 Å². The van der Waals surface area contributed by atoms with Crippen molar-refractivity contribution < 1.29 is 13.9 Å². The largest absolute Gasteiger partial charge is 0.460 e. The number of para-hydroxylation sites is 2. The molecular formula is C21H21FN4O2. The van der Waals surface area contributed by atoms with Crippen molar-refractivity contribution in [2.75, 3.05) is 18.0 Å². The number of carbonyl (C=O) groups is 1. The lowest BCUT2D eigenvalue weighted by molar-refractivity contribution is -0.150. The van der Waals surface area contributed by atoms with Crippen LogP contribution in [0.3, 0.4) is 0 Å². The molecular weight excluding hydrogens is 359 g/mol. The molecule has 0 saturated carbocycles. The van der Waals surface area contributed by atoms with Gasteiger partial charge >= 0.3 is 5.97 Å². The number of halogens is 1. The fourth-order valence-corrected chi connectivity index (χ4v) is 4.52. The molecule has 4 heterocycles. The third kappa shape index (κ3) is 2.82. The maximum absolute atomic E-state index is 14.0. The van der Waals surface area contributed by atoms with Crippen LogP contribution in [0.25, 0.3) is 11.0 Å². The average Bonchev–Trinajstić information content (AvgIpc) is 3.25. The first kappa shape index (κ1) is 17.2. The number of carbonyl (C=O) groups excluding carboxylic acids is 1. The number of rotatable bonds is 3. The summed E-state index contributed by atoms with van der Waals surface area (Å²) in [7, 11) is 0. The summed E-state index contributed by atoms with van der Waals surface area (Å²) in [6.07, 6.45) is 6.52. The normalized spacial score (nSPS) is 21.4. The van der Waals surface area contributed by atoms with Crippen molar-refractivity contribution in [1.82, 2.24) is 14.5 Å². The van der Waals surface area contributed by atoms with Crippen molar-refractivity contribution in [2.24, 2.45) is 5.41 Å². The molecule has 0 N–H and O–H groups in total. The van der Waals surface area contributed by atoms with Crippen LogP contribution in [0.2, 0.25) is 0 Å². The van der Waals surface area contributed by atoms with Gasteiger partial charge in [0.25, 0.3) is 0 Å². The van der Waals surface area contributed by atoms with Gasteiger partial charge in [-0.1, -0.05) is 12.1 Å². The van der Waals surface area contributed by atoms with Gasteiger partial charge < -0.3 is 14.2 Å². The number of hydrogen-bond acceptors (Lipinski definition) is 5. The van der Waals surface area contributed by atoms with Gasteiger partial charge in [0, 0.05) is 25.7 Å². The lowest BCUT2D eigenvalue weighted by atomic mass is 9.76. The van der Waals surface area contributed by atoms with Crippen LogP contribution >= 0.6 is 0 Å². The number of hydrogen-bond donors (Lipinski definition) is 0. The summed E-state index contributed by atoms with van der Waals surface area (Å²) in [5.74, 6) is -0.436. The van der Waals surface area contributed by atoms with Crippen LogP contribution in [0.5, 0.6) is 0 Å². The second kappa shape index (κ2) is 6.58. The van der Waals surface area contributed by atoms with Crippen molar-refractivity contribution in [3.63, 3.8) is 0 Å². The first-order chi connectivity index (χ1) is 13.6. The predicted molar refractivity (Wildman–Crippen MR) is 102 cm³/mol. The molecule has 2 saturated heterocycles. The number of esters is 1. The minimum Gasteiger partial charge on any atom is -0.460 e. The molecule has 144 valence electrons. The van der Waals surface area contributed by atoms with Gasteiger partial charge in [-0.3, -0.25) is 9.78 Å². The molecule has 1 atom stereocenters. The third-order valence-corrected chi connectivity index (χ3v) is 6.07. The molecule has 0 bridgehead atoms. The van der Waals surface area contributed by atoms with E-state index < -0.39 is 5.41 Å². The Balaban J connectivity index is 1.29. The topological polar surface area (TPSA) is 60.3 Å². The molecule has 3 aromatic rings. The molecule has 2 aliphatic heterocycles. The molecule has 1 aromatic carbocycles. The Labute approximate surface area is 162 Å². The average molecular weight is 380 g/mol. The lowest BCUT2D eigenvalue weighted by Crippen LogP contribution is -2.42. The highest BCUT2D eigenvalue weighted by atomic mass is 19.1. The summed E-state index contributed by atoms with van der Waals surface area (Å²) in [5.41, 5.74) is 2.08. The highest BCUT2D eigenvalue weighted by molar-refractivity contribution is 5.80. The maximum Gasteiger partial charge on any atom is 0.312 e. The standard InChI is InChI=1S/C21H21FN4O2/c22-16-12-23-8-5-18(16)25-9-6-21(7-10-25)11-15(28-20(21)27)13-26-14-24-17-3-1-2-4-19(17)26/h1-5,8,12,14-15H,6-7,9-11,13H2. The quantitative estimate of drug-likeness (QED) is 0.653. The Morgan fingerprint density at radius 1 is 1.21 bits per heavy atom. The molecule has 28 heavy (non-hydrogen) atoms. The minimum atomic E-state index is -0.457. The van der Waals surface area contributed by atoms with Crippen LogP contribution in [0.1, 0.15) is 19.3 Å².